The van der Waals surface area contributed by atoms with Crippen molar-refractivity contribution in [1.82, 2.24) is 24.9 Å². The van der Waals surface area contributed by atoms with Gasteiger partial charge in [0.2, 0.25) is 0 Å². The number of piperazine rings is 1. The van der Waals surface area contributed by atoms with E-state index < -0.39 is 18.2 Å². The van der Waals surface area contributed by atoms with Gasteiger partial charge in [0.15, 0.2) is 18.2 Å². The standard InChI is InChI=1S/C25H29FN6O2/c1-17-5-3-4-6-19(17)16-32-21-22(29(2)25(34)28-23(21)33)27-24(32)31-13-11-30(12-14-31)15-18-7-9-20(26)10-8-18/h3-10,21-22H,11-16H2,1-2H3,(H,28,33,34). The summed E-state index contributed by atoms with van der Waals surface area (Å²) in [6.07, 6.45) is -0.544. The van der Waals surface area contributed by atoms with E-state index in [2.05, 4.69) is 34.2 Å². The maximum atomic E-state index is 13.2. The molecule has 34 heavy (non-hydrogen) atoms. The molecular weight excluding hydrogens is 435 g/mol. The van der Waals surface area contributed by atoms with Crippen molar-refractivity contribution in [2.24, 2.45) is 4.99 Å². The lowest BCUT2D eigenvalue weighted by molar-refractivity contribution is -0.127. The Labute approximate surface area is 198 Å². The van der Waals surface area contributed by atoms with Gasteiger partial charge in [0.25, 0.3) is 5.91 Å². The van der Waals surface area contributed by atoms with Gasteiger partial charge in [-0.25, -0.2) is 14.2 Å². The number of benzene rings is 2. The van der Waals surface area contributed by atoms with E-state index in [-0.39, 0.29) is 11.7 Å². The van der Waals surface area contributed by atoms with Gasteiger partial charge in [-0.15, -0.1) is 0 Å². The minimum absolute atomic E-state index is 0.226. The number of aliphatic imine (C=N–C) groups is 1. The highest BCUT2D eigenvalue weighted by Crippen LogP contribution is 2.28. The van der Waals surface area contributed by atoms with Crippen molar-refractivity contribution in [2.45, 2.75) is 32.2 Å². The van der Waals surface area contributed by atoms with E-state index in [1.807, 2.05) is 29.2 Å². The fourth-order valence-electron chi connectivity index (χ4n) is 4.87. The average Bonchev–Trinajstić information content (AvgIpc) is 3.21. The Balaban J connectivity index is 1.35. The number of amides is 3. The summed E-state index contributed by atoms with van der Waals surface area (Å²) >= 11 is 0. The minimum atomic E-state index is -0.561. The quantitative estimate of drug-likeness (QED) is 0.750. The molecule has 3 amide bonds. The Morgan fingerprint density at radius 3 is 2.41 bits per heavy atom. The van der Waals surface area contributed by atoms with Gasteiger partial charge in [-0.1, -0.05) is 36.4 Å². The van der Waals surface area contributed by atoms with Crippen LogP contribution in [0.4, 0.5) is 9.18 Å². The van der Waals surface area contributed by atoms with Crippen molar-refractivity contribution in [1.29, 1.82) is 0 Å². The number of imide groups is 1. The molecule has 5 rings (SSSR count). The lowest BCUT2D eigenvalue weighted by Crippen LogP contribution is -2.64. The summed E-state index contributed by atoms with van der Waals surface area (Å²) in [4.78, 5) is 38.1. The summed E-state index contributed by atoms with van der Waals surface area (Å²) < 4.78 is 13.2. The molecule has 3 aliphatic heterocycles. The number of guanidine groups is 1. The largest absolute Gasteiger partial charge is 0.340 e. The fraction of sp³-hybridized carbons (Fsp3) is 0.400. The molecule has 1 N–H and O–H groups in total. The Kier molecular flexibility index (Phi) is 5.95. The van der Waals surface area contributed by atoms with Crippen LogP contribution >= 0.6 is 0 Å². The second-order valence-electron chi connectivity index (χ2n) is 9.14. The molecule has 2 aromatic rings. The number of fused-ring (bicyclic) bond motifs is 1. The first-order valence-electron chi connectivity index (χ1n) is 11.6. The number of halogens is 1. The summed E-state index contributed by atoms with van der Waals surface area (Å²) in [7, 11) is 1.68. The normalized spacial score (nSPS) is 23.1. The number of likely N-dealkylation sites (N-methyl/N-ethyl adjacent to an activating group) is 1. The Bertz CT molecular complexity index is 1110. The summed E-state index contributed by atoms with van der Waals surface area (Å²) in [5.74, 6) is 0.224. The lowest BCUT2D eigenvalue weighted by atomic mass is 10.1. The zero-order valence-electron chi connectivity index (χ0n) is 19.4. The van der Waals surface area contributed by atoms with Crippen LogP contribution in [0.3, 0.4) is 0 Å². The van der Waals surface area contributed by atoms with Crippen LogP contribution in [-0.2, 0) is 17.9 Å². The number of carbonyl (C=O) groups excluding carboxylic acids is 2. The first kappa shape index (κ1) is 22.3. The van der Waals surface area contributed by atoms with E-state index in [1.165, 1.54) is 17.0 Å². The number of aryl methyl sites for hydroxylation is 1. The number of nitrogens with one attached hydrogen (secondary N) is 1. The number of hydrogen-bond donors (Lipinski definition) is 1. The molecule has 0 bridgehead atoms. The van der Waals surface area contributed by atoms with Crippen LogP contribution in [0.1, 0.15) is 16.7 Å². The van der Waals surface area contributed by atoms with Crippen LogP contribution in [0, 0.1) is 12.7 Å². The first-order chi connectivity index (χ1) is 16.4. The second-order valence-corrected chi connectivity index (χ2v) is 9.14. The lowest BCUT2D eigenvalue weighted by Gasteiger charge is -2.40. The Morgan fingerprint density at radius 1 is 1.00 bits per heavy atom. The van der Waals surface area contributed by atoms with Crippen molar-refractivity contribution < 1.29 is 14.0 Å². The molecule has 8 nitrogen and oxygen atoms in total. The van der Waals surface area contributed by atoms with Gasteiger partial charge < -0.3 is 14.7 Å². The monoisotopic (exact) mass is 464 g/mol. The third kappa shape index (κ3) is 4.23. The molecule has 0 aliphatic carbocycles. The van der Waals surface area contributed by atoms with Crippen molar-refractivity contribution in [2.75, 3.05) is 33.2 Å². The van der Waals surface area contributed by atoms with E-state index in [0.717, 1.165) is 55.4 Å². The maximum absolute atomic E-state index is 13.2. The van der Waals surface area contributed by atoms with Crippen LogP contribution in [0.15, 0.2) is 53.5 Å². The predicted octanol–water partition coefficient (Wildman–Crippen LogP) is 2.00. The summed E-state index contributed by atoms with van der Waals surface area (Å²) in [6, 6.07) is 13.8. The fourth-order valence-corrected chi connectivity index (χ4v) is 4.87. The van der Waals surface area contributed by atoms with E-state index in [4.69, 9.17) is 4.99 Å². The number of hydrogen-bond acceptors (Lipinski definition) is 6. The number of rotatable bonds is 4. The predicted molar refractivity (Wildman–Crippen MR) is 126 cm³/mol. The van der Waals surface area contributed by atoms with Crippen LogP contribution in [0.25, 0.3) is 0 Å². The molecule has 2 unspecified atom stereocenters. The van der Waals surface area contributed by atoms with Gasteiger partial charge in [0.05, 0.1) is 0 Å². The molecule has 3 aliphatic rings. The van der Waals surface area contributed by atoms with Crippen molar-refractivity contribution in [3.05, 3.63) is 71.0 Å². The van der Waals surface area contributed by atoms with E-state index in [9.17, 15) is 14.0 Å². The van der Waals surface area contributed by atoms with Crippen molar-refractivity contribution in [3.63, 3.8) is 0 Å². The molecule has 3 heterocycles. The first-order valence-corrected chi connectivity index (χ1v) is 11.6. The second kappa shape index (κ2) is 9.06. The zero-order valence-corrected chi connectivity index (χ0v) is 19.4. The number of nitrogens with zero attached hydrogens (tertiary/aromatic N) is 5. The summed E-state index contributed by atoms with van der Waals surface area (Å²) in [5.41, 5.74) is 3.35. The molecule has 2 saturated heterocycles. The van der Waals surface area contributed by atoms with Crippen molar-refractivity contribution in [3.8, 4) is 0 Å². The number of carbonyl (C=O) groups is 2. The van der Waals surface area contributed by atoms with E-state index in [1.54, 1.807) is 7.05 Å². The van der Waals surface area contributed by atoms with Gasteiger partial charge in [-0.3, -0.25) is 15.0 Å². The van der Waals surface area contributed by atoms with Crippen LogP contribution < -0.4 is 5.32 Å². The Morgan fingerprint density at radius 2 is 1.71 bits per heavy atom. The highest BCUT2D eigenvalue weighted by Gasteiger charge is 2.49. The van der Waals surface area contributed by atoms with Gasteiger partial charge in [0.1, 0.15) is 5.82 Å². The third-order valence-corrected chi connectivity index (χ3v) is 6.92. The van der Waals surface area contributed by atoms with Crippen LogP contribution in [-0.4, -0.2) is 82.9 Å². The molecule has 178 valence electrons. The molecule has 0 spiro atoms. The SMILES string of the molecule is Cc1ccccc1CN1C(N2CCN(Cc3ccc(F)cc3)CC2)=NC2C1C(=O)NC(=O)N2C. The van der Waals surface area contributed by atoms with Crippen molar-refractivity contribution >= 4 is 17.9 Å². The maximum Gasteiger partial charge on any atom is 0.325 e. The highest BCUT2D eigenvalue weighted by molar-refractivity contribution is 6.03. The average molecular weight is 465 g/mol. The molecule has 2 atom stereocenters. The Hall–Kier alpha value is -3.46. The van der Waals surface area contributed by atoms with E-state index in [0.29, 0.717) is 6.54 Å². The molecular formula is C25H29FN6O2. The topological polar surface area (TPSA) is 71.5 Å². The summed E-state index contributed by atoms with van der Waals surface area (Å²) in [5, 5.41) is 2.47. The molecule has 0 radical (unpaired) electrons. The van der Waals surface area contributed by atoms with Gasteiger partial charge >= 0.3 is 6.03 Å². The van der Waals surface area contributed by atoms with Gasteiger partial charge in [0, 0.05) is 46.3 Å². The third-order valence-electron chi connectivity index (χ3n) is 6.92. The smallest absolute Gasteiger partial charge is 0.325 e. The molecule has 9 heteroatoms. The highest BCUT2D eigenvalue weighted by atomic mass is 19.1. The molecule has 0 saturated carbocycles. The number of urea groups is 1. The molecule has 0 aromatic heterocycles. The summed E-state index contributed by atoms with van der Waals surface area (Å²) in [6.45, 7) is 6.52. The van der Waals surface area contributed by atoms with Crippen LogP contribution in [0.5, 0.6) is 0 Å². The van der Waals surface area contributed by atoms with Crippen LogP contribution in [0.2, 0.25) is 0 Å². The zero-order chi connectivity index (χ0) is 23.8. The minimum Gasteiger partial charge on any atom is -0.340 e. The van der Waals surface area contributed by atoms with E-state index >= 15 is 0 Å². The van der Waals surface area contributed by atoms with Gasteiger partial charge in [-0.2, -0.15) is 0 Å². The molecule has 2 aromatic carbocycles. The molecule has 2 fully saturated rings. The van der Waals surface area contributed by atoms with Gasteiger partial charge in [-0.05, 0) is 35.7 Å².